The summed E-state index contributed by atoms with van der Waals surface area (Å²) in [6.07, 6.45) is 1.23. The quantitative estimate of drug-likeness (QED) is 0.251. The van der Waals surface area contributed by atoms with Gasteiger partial charge in [-0.05, 0) is 48.2 Å². The van der Waals surface area contributed by atoms with Gasteiger partial charge in [-0.1, -0.05) is 86.6 Å². The average molecular weight is 646 g/mol. The lowest BCUT2D eigenvalue weighted by Crippen LogP contribution is -2.66. The lowest BCUT2D eigenvalue weighted by molar-refractivity contribution is -0.00549. The van der Waals surface area contributed by atoms with Crippen LogP contribution in [0.4, 0.5) is 10.1 Å². The van der Waals surface area contributed by atoms with Crippen LogP contribution in [0.25, 0.3) is 11.0 Å². The summed E-state index contributed by atoms with van der Waals surface area (Å²) in [6.45, 7) is 12.9. The maximum absolute atomic E-state index is 16.8. The number of carbonyl (C=O) groups is 1. The molecule has 244 valence electrons. The van der Waals surface area contributed by atoms with E-state index in [0.29, 0.717) is 55.8 Å². The molecule has 2 atom stereocenters. The highest BCUT2D eigenvalue weighted by Crippen LogP contribution is 2.40. The van der Waals surface area contributed by atoms with E-state index in [1.54, 1.807) is 0 Å². The molecule has 46 heavy (non-hydrogen) atoms. The molecular formula is C36H44FN3O5Si. The number of morpholine rings is 1. The number of hydrogen-bond donors (Lipinski definition) is 1. The van der Waals surface area contributed by atoms with Gasteiger partial charge in [-0.15, -0.1) is 0 Å². The summed E-state index contributed by atoms with van der Waals surface area (Å²) in [5, 5.41) is 9.46. The zero-order chi connectivity index (χ0) is 32.5. The van der Waals surface area contributed by atoms with Crippen molar-refractivity contribution in [1.29, 1.82) is 0 Å². The predicted molar refractivity (Wildman–Crippen MR) is 180 cm³/mol. The van der Waals surface area contributed by atoms with E-state index >= 15 is 4.39 Å². The number of nitrogens with zero attached hydrogens (tertiary/aromatic N) is 2. The third-order valence-corrected chi connectivity index (χ3v) is 14.1. The SMILES string of the molecule is C[C@@H]1CN(c2c(CO[Si](c3ccccc3)(c3ccccc3)C(C)(C)C)cc3c(C(=O)NC4CCOCC4)noc3c2F)C[C@H](C)O1. The van der Waals surface area contributed by atoms with Crippen LogP contribution < -0.4 is 20.6 Å². The second-order valence-electron chi connectivity index (χ2n) is 13.6. The molecule has 6 rings (SSSR count). The number of nitrogens with one attached hydrogen (secondary N) is 1. The van der Waals surface area contributed by atoms with E-state index in [4.69, 9.17) is 18.4 Å². The molecule has 2 saturated heterocycles. The van der Waals surface area contributed by atoms with Crippen LogP contribution in [0.1, 0.15) is 63.5 Å². The van der Waals surface area contributed by atoms with Crippen LogP contribution >= 0.6 is 0 Å². The van der Waals surface area contributed by atoms with Crippen molar-refractivity contribution in [3.63, 3.8) is 0 Å². The second kappa shape index (κ2) is 13.3. The molecule has 2 fully saturated rings. The van der Waals surface area contributed by atoms with Gasteiger partial charge in [0, 0.05) is 37.9 Å². The first-order valence-electron chi connectivity index (χ1n) is 16.2. The van der Waals surface area contributed by atoms with Crippen molar-refractivity contribution in [2.75, 3.05) is 31.2 Å². The smallest absolute Gasteiger partial charge is 0.274 e. The topological polar surface area (TPSA) is 86.1 Å². The second-order valence-corrected chi connectivity index (χ2v) is 17.9. The standard InChI is InChI=1S/C36H44FN3O5Si/c1-24-21-40(22-25(2)44-24)33-26(20-30-32(39-45-34(30)31(33)37)35(41)38-27-16-18-42-19-17-27)23-43-46(36(3,4)5,28-12-8-6-9-13-28)29-14-10-7-11-15-29/h6-15,20,24-25,27H,16-19,21-23H2,1-5H3,(H,38,41)/t24-,25+. The Morgan fingerprint density at radius 3 is 2.15 bits per heavy atom. The van der Waals surface area contributed by atoms with Gasteiger partial charge in [0.25, 0.3) is 14.2 Å². The highest BCUT2D eigenvalue weighted by atomic mass is 28.4. The number of rotatable bonds is 8. The first kappa shape index (κ1) is 32.4. The fourth-order valence-electron chi connectivity index (χ4n) is 7.10. The van der Waals surface area contributed by atoms with E-state index in [0.717, 1.165) is 10.4 Å². The first-order chi connectivity index (χ1) is 22.1. The molecule has 2 aliphatic heterocycles. The van der Waals surface area contributed by atoms with Crippen LogP contribution in [0.5, 0.6) is 0 Å². The number of ether oxygens (including phenoxy) is 2. The molecule has 2 aliphatic rings. The molecule has 10 heteroatoms. The van der Waals surface area contributed by atoms with Gasteiger partial charge in [-0.2, -0.15) is 0 Å². The molecular weight excluding hydrogens is 601 g/mol. The Hall–Kier alpha value is -3.57. The Bertz CT molecular complexity index is 1600. The van der Waals surface area contributed by atoms with Crippen molar-refractivity contribution in [2.24, 2.45) is 0 Å². The van der Waals surface area contributed by atoms with Crippen LogP contribution in [0, 0.1) is 5.82 Å². The van der Waals surface area contributed by atoms with Crippen LogP contribution in [-0.2, 0) is 20.5 Å². The van der Waals surface area contributed by atoms with Crippen molar-refractivity contribution in [1.82, 2.24) is 10.5 Å². The Morgan fingerprint density at radius 2 is 1.59 bits per heavy atom. The fraction of sp³-hybridized carbons (Fsp3) is 0.444. The molecule has 4 aromatic rings. The lowest BCUT2D eigenvalue weighted by Gasteiger charge is -2.43. The number of fused-ring (bicyclic) bond motifs is 1. The van der Waals surface area contributed by atoms with E-state index < -0.39 is 14.1 Å². The normalized spacial score (nSPS) is 19.8. The van der Waals surface area contributed by atoms with E-state index in [9.17, 15) is 4.79 Å². The minimum atomic E-state index is -2.96. The summed E-state index contributed by atoms with van der Waals surface area (Å²) in [5.74, 6) is -0.928. The van der Waals surface area contributed by atoms with Crippen molar-refractivity contribution < 1.29 is 27.6 Å². The number of amides is 1. The predicted octanol–water partition coefficient (Wildman–Crippen LogP) is 5.57. The van der Waals surface area contributed by atoms with Crippen LogP contribution in [0.15, 0.2) is 71.3 Å². The third kappa shape index (κ3) is 6.23. The number of hydrogen-bond acceptors (Lipinski definition) is 7. The summed E-state index contributed by atoms with van der Waals surface area (Å²) < 4.78 is 41.1. The Morgan fingerprint density at radius 1 is 1.00 bits per heavy atom. The van der Waals surface area contributed by atoms with Gasteiger partial charge in [-0.3, -0.25) is 4.79 Å². The van der Waals surface area contributed by atoms with Crippen molar-refractivity contribution in [3.05, 3.63) is 83.8 Å². The van der Waals surface area contributed by atoms with Gasteiger partial charge in [0.05, 0.1) is 29.9 Å². The molecule has 0 radical (unpaired) electrons. The number of aromatic nitrogens is 1. The van der Waals surface area contributed by atoms with Gasteiger partial charge >= 0.3 is 0 Å². The largest absolute Gasteiger partial charge is 0.403 e. The Balaban J connectivity index is 1.47. The maximum Gasteiger partial charge on any atom is 0.274 e. The molecule has 3 aromatic carbocycles. The van der Waals surface area contributed by atoms with Gasteiger partial charge in [0.1, 0.15) is 0 Å². The third-order valence-electron chi connectivity index (χ3n) is 9.13. The van der Waals surface area contributed by atoms with Crippen LogP contribution in [0.3, 0.4) is 0 Å². The molecule has 0 unspecified atom stereocenters. The van der Waals surface area contributed by atoms with E-state index in [1.807, 2.05) is 61.2 Å². The van der Waals surface area contributed by atoms with E-state index in [2.05, 4.69) is 55.5 Å². The minimum absolute atomic E-state index is 0.0341. The Labute approximate surface area is 271 Å². The van der Waals surface area contributed by atoms with Gasteiger partial charge in [0.15, 0.2) is 11.5 Å². The van der Waals surface area contributed by atoms with Crippen molar-refractivity contribution >= 4 is 41.3 Å². The van der Waals surface area contributed by atoms with Crippen molar-refractivity contribution in [3.8, 4) is 0 Å². The minimum Gasteiger partial charge on any atom is -0.403 e. The lowest BCUT2D eigenvalue weighted by atomic mass is 10.0. The molecule has 1 N–H and O–H groups in total. The molecule has 0 spiro atoms. The highest BCUT2D eigenvalue weighted by Gasteiger charge is 2.50. The van der Waals surface area contributed by atoms with Crippen LogP contribution in [-0.4, -0.2) is 63.9 Å². The maximum atomic E-state index is 16.8. The first-order valence-corrected chi connectivity index (χ1v) is 18.1. The number of carbonyl (C=O) groups excluding carboxylic acids is 1. The van der Waals surface area contributed by atoms with E-state index in [1.165, 1.54) is 0 Å². The molecule has 0 aliphatic carbocycles. The summed E-state index contributed by atoms with van der Waals surface area (Å²) in [4.78, 5) is 15.5. The summed E-state index contributed by atoms with van der Waals surface area (Å²) in [7, 11) is -2.96. The molecule has 1 amide bonds. The average Bonchev–Trinajstić information content (AvgIpc) is 3.46. The van der Waals surface area contributed by atoms with Gasteiger partial charge < -0.3 is 28.6 Å². The molecule has 0 bridgehead atoms. The van der Waals surface area contributed by atoms with Gasteiger partial charge in [-0.25, -0.2) is 4.39 Å². The van der Waals surface area contributed by atoms with Crippen molar-refractivity contribution in [2.45, 2.75) is 77.4 Å². The Kier molecular flexibility index (Phi) is 9.34. The highest BCUT2D eigenvalue weighted by molar-refractivity contribution is 6.99. The summed E-state index contributed by atoms with van der Waals surface area (Å²) in [5.41, 5.74) is 1.08. The zero-order valence-electron chi connectivity index (χ0n) is 27.3. The zero-order valence-corrected chi connectivity index (χ0v) is 28.3. The number of benzene rings is 3. The summed E-state index contributed by atoms with van der Waals surface area (Å²) in [6, 6.07) is 22.6. The fourth-order valence-corrected chi connectivity index (χ4v) is 11.6. The molecule has 3 heterocycles. The molecule has 0 saturated carbocycles. The summed E-state index contributed by atoms with van der Waals surface area (Å²) >= 11 is 0. The number of anilines is 1. The molecule has 8 nitrogen and oxygen atoms in total. The van der Waals surface area contributed by atoms with Crippen LogP contribution in [0.2, 0.25) is 5.04 Å². The monoisotopic (exact) mass is 645 g/mol. The van der Waals surface area contributed by atoms with E-state index in [-0.39, 0.29) is 47.1 Å². The number of halogens is 1. The molecule has 1 aromatic heterocycles. The van der Waals surface area contributed by atoms with Gasteiger partial charge in [0.2, 0.25) is 5.58 Å².